The van der Waals surface area contributed by atoms with Crippen LogP contribution in [0.2, 0.25) is 0 Å². The van der Waals surface area contributed by atoms with Gasteiger partial charge in [-0.1, -0.05) is 12.1 Å². The number of benzene rings is 1. The van der Waals surface area contributed by atoms with E-state index < -0.39 is 5.60 Å². The molecule has 140 valence electrons. The molecule has 2 aliphatic heterocycles. The molecule has 1 saturated heterocycles. The number of hydrogen-bond donors (Lipinski definition) is 1. The predicted octanol–water partition coefficient (Wildman–Crippen LogP) is 1.30. The molecular formula is C19H25N3O4. The number of nitrogens with zero attached hydrogens (tertiary/aromatic N) is 2. The molecule has 7 nitrogen and oxygen atoms in total. The number of para-hydroxylation sites is 2. The highest BCUT2D eigenvalue weighted by Gasteiger charge is 2.40. The monoisotopic (exact) mass is 359 g/mol. The van der Waals surface area contributed by atoms with E-state index in [4.69, 9.17) is 10.5 Å². The molecule has 1 fully saturated rings. The minimum absolute atomic E-state index is 0.0116. The second-order valence-corrected chi connectivity index (χ2v) is 7.34. The predicted molar refractivity (Wildman–Crippen MR) is 96.6 cm³/mol. The Morgan fingerprint density at radius 3 is 2.54 bits per heavy atom. The van der Waals surface area contributed by atoms with Gasteiger partial charge in [-0.15, -0.1) is 0 Å². The van der Waals surface area contributed by atoms with Crippen LogP contribution in [-0.2, 0) is 14.4 Å². The lowest BCUT2D eigenvalue weighted by Crippen LogP contribution is -2.53. The van der Waals surface area contributed by atoms with Crippen molar-refractivity contribution in [2.24, 2.45) is 11.7 Å². The zero-order valence-electron chi connectivity index (χ0n) is 15.2. The molecule has 0 bridgehead atoms. The zero-order chi connectivity index (χ0) is 18.9. The average molecular weight is 359 g/mol. The summed E-state index contributed by atoms with van der Waals surface area (Å²) in [5, 5.41) is 0. The Hall–Kier alpha value is -2.57. The van der Waals surface area contributed by atoms with Gasteiger partial charge >= 0.3 is 0 Å². The third-order valence-corrected chi connectivity index (χ3v) is 5.08. The third-order valence-electron chi connectivity index (χ3n) is 5.08. The number of piperidine rings is 1. The number of ether oxygens (including phenoxy) is 1. The average Bonchev–Trinajstić information content (AvgIpc) is 2.61. The number of fused-ring (bicyclic) bond motifs is 1. The number of carbonyl (C=O) groups is 3. The summed E-state index contributed by atoms with van der Waals surface area (Å²) < 4.78 is 5.79. The van der Waals surface area contributed by atoms with Gasteiger partial charge < -0.3 is 20.3 Å². The van der Waals surface area contributed by atoms with Gasteiger partial charge in [0.05, 0.1) is 5.69 Å². The molecule has 2 aliphatic rings. The standard InChI is InChI=1S/C19H25N3O4/c1-19(2)18(25)22(14-5-3-4-6-15(14)26-19)12-9-16(23)21-10-7-13(8-11-21)17(20)24/h3-6,13H,7-12H2,1-2H3,(H2,20,24). The van der Waals surface area contributed by atoms with Crippen molar-refractivity contribution >= 4 is 23.4 Å². The van der Waals surface area contributed by atoms with Crippen molar-refractivity contribution in [1.82, 2.24) is 4.90 Å². The Morgan fingerprint density at radius 2 is 1.88 bits per heavy atom. The third kappa shape index (κ3) is 3.52. The molecule has 0 spiro atoms. The van der Waals surface area contributed by atoms with Crippen LogP contribution in [0.1, 0.15) is 33.1 Å². The van der Waals surface area contributed by atoms with E-state index in [1.165, 1.54) is 0 Å². The maximum absolute atomic E-state index is 12.7. The second-order valence-electron chi connectivity index (χ2n) is 7.34. The summed E-state index contributed by atoms with van der Waals surface area (Å²) in [5.74, 6) is 0.0353. The van der Waals surface area contributed by atoms with Crippen LogP contribution in [0.15, 0.2) is 24.3 Å². The van der Waals surface area contributed by atoms with Gasteiger partial charge in [0.25, 0.3) is 5.91 Å². The smallest absolute Gasteiger partial charge is 0.270 e. The fourth-order valence-electron chi connectivity index (χ4n) is 3.52. The van der Waals surface area contributed by atoms with Gasteiger partial charge in [0, 0.05) is 32.0 Å². The highest BCUT2D eigenvalue weighted by atomic mass is 16.5. The number of amides is 3. The molecule has 0 radical (unpaired) electrons. The molecule has 2 N–H and O–H groups in total. The highest BCUT2D eigenvalue weighted by molar-refractivity contribution is 6.02. The number of hydrogen-bond acceptors (Lipinski definition) is 4. The van der Waals surface area contributed by atoms with E-state index >= 15 is 0 Å². The highest BCUT2D eigenvalue weighted by Crippen LogP contribution is 2.37. The van der Waals surface area contributed by atoms with Gasteiger partial charge in [0.15, 0.2) is 5.60 Å². The van der Waals surface area contributed by atoms with E-state index in [1.54, 1.807) is 23.6 Å². The van der Waals surface area contributed by atoms with Gasteiger partial charge in [0.1, 0.15) is 5.75 Å². The van der Waals surface area contributed by atoms with E-state index in [2.05, 4.69) is 0 Å². The summed E-state index contributed by atoms with van der Waals surface area (Å²) in [6, 6.07) is 7.35. The minimum Gasteiger partial charge on any atom is -0.476 e. The first-order chi connectivity index (χ1) is 12.3. The molecule has 3 amide bonds. The van der Waals surface area contributed by atoms with Crippen LogP contribution in [0.5, 0.6) is 5.75 Å². The molecule has 2 heterocycles. The van der Waals surface area contributed by atoms with Crippen LogP contribution >= 0.6 is 0 Å². The first-order valence-electron chi connectivity index (χ1n) is 8.96. The fourth-order valence-corrected chi connectivity index (χ4v) is 3.52. The van der Waals surface area contributed by atoms with E-state index in [1.807, 2.05) is 24.3 Å². The molecule has 0 aliphatic carbocycles. The Morgan fingerprint density at radius 1 is 1.23 bits per heavy atom. The summed E-state index contributed by atoms with van der Waals surface area (Å²) in [6.07, 6.45) is 1.44. The van der Waals surface area contributed by atoms with E-state index in [0.717, 1.165) is 0 Å². The van der Waals surface area contributed by atoms with Crippen LogP contribution in [-0.4, -0.2) is 47.9 Å². The van der Waals surface area contributed by atoms with E-state index in [-0.39, 0.29) is 30.1 Å². The Bertz CT molecular complexity index is 723. The molecule has 7 heteroatoms. The zero-order valence-corrected chi connectivity index (χ0v) is 15.2. The van der Waals surface area contributed by atoms with Gasteiger partial charge in [-0.25, -0.2) is 0 Å². The number of likely N-dealkylation sites (tertiary alicyclic amines) is 1. The maximum atomic E-state index is 12.7. The first kappa shape index (κ1) is 18.2. The van der Waals surface area contributed by atoms with Crippen molar-refractivity contribution in [2.75, 3.05) is 24.5 Å². The molecule has 0 unspecified atom stereocenters. The minimum atomic E-state index is -0.961. The lowest BCUT2D eigenvalue weighted by atomic mass is 9.96. The van der Waals surface area contributed by atoms with Crippen molar-refractivity contribution in [2.45, 2.75) is 38.7 Å². The maximum Gasteiger partial charge on any atom is 0.270 e. The van der Waals surface area contributed by atoms with Crippen molar-refractivity contribution in [3.8, 4) is 5.75 Å². The Kier molecular flexibility index (Phi) is 4.89. The van der Waals surface area contributed by atoms with Crippen molar-refractivity contribution in [3.63, 3.8) is 0 Å². The number of nitrogens with two attached hydrogens (primary N) is 1. The molecule has 1 aromatic rings. The largest absolute Gasteiger partial charge is 0.476 e. The number of carbonyl (C=O) groups excluding carboxylic acids is 3. The topological polar surface area (TPSA) is 92.9 Å². The molecule has 3 rings (SSSR count). The van der Waals surface area contributed by atoms with Crippen LogP contribution in [0.4, 0.5) is 5.69 Å². The van der Waals surface area contributed by atoms with Crippen molar-refractivity contribution in [1.29, 1.82) is 0 Å². The normalized spacial score (nSPS) is 19.7. The van der Waals surface area contributed by atoms with Crippen LogP contribution in [0.3, 0.4) is 0 Å². The molecule has 0 aromatic heterocycles. The number of primary amides is 1. The SMILES string of the molecule is CC1(C)Oc2ccccc2N(CCC(=O)N2CCC(C(N)=O)CC2)C1=O. The lowest BCUT2D eigenvalue weighted by Gasteiger charge is -2.39. The van der Waals surface area contributed by atoms with E-state index in [0.29, 0.717) is 43.9 Å². The van der Waals surface area contributed by atoms with Crippen LogP contribution in [0, 0.1) is 5.92 Å². The quantitative estimate of drug-likeness (QED) is 0.877. The molecule has 1 aromatic carbocycles. The Balaban J connectivity index is 1.65. The van der Waals surface area contributed by atoms with Gasteiger partial charge in [-0.05, 0) is 38.8 Å². The number of rotatable bonds is 4. The summed E-state index contributed by atoms with van der Waals surface area (Å²) in [5.41, 5.74) is 5.06. The molecule has 26 heavy (non-hydrogen) atoms. The van der Waals surface area contributed by atoms with Gasteiger partial charge in [-0.3, -0.25) is 14.4 Å². The summed E-state index contributed by atoms with van der Waals surface area (Å²) in [7, 11) is 0. The van der Waals surface area contributed by atoms with E-state index in [9.17, 15) is 14.4 Å². The van der Waals surface area contributed by atoms with Crippen molar-refractivity contribution in [3.05, 3.63) is 24.3 Å². The van der Waals surface area contributed by atoms with Gasteiger partial charge in [-0.2, -0.15) is 0 Å². The Labute approximate surface area is 153 Å². The van der Waals surface area contributed by atoms with Gasteiger partial charge in [0.2, 0.25) is 11.8 Å². The molecule has 0 saturated carbocycles. The summed E-state index contributed by atoms with van der Waals surface area (Å²) in [4.78, 5) is 39.9. The second kappa shape index (κ2) is 6.97. The summed E-state index contributed by atoms with van der Waals surface area (Å²) >= 11 is 0. The first-order valence-corrected chi connectivity index (χ1v) is 8.96. The number of anilines is 1. The molecule has 0 atom stereocenters. The lowest BCUT2D eigenvalue weighted by molar-refractivity contribution is -0.135. The summed E-state index contributed by atoms with van der Waals surface area (Å²) in [6.45, 7) is 4.83. The molecular weight excluding hydrogens is 334 g/mol. The van der Waals surface area contributed by atoms with Crippen molar-refractivity contribution < 1.29 is 19.1 Å². The van der Waals surface area contributed by atoms with Crippen LogP contribution < -0.4 is 15.4 Å². The van der Waals surface area contributed by atoms with Crippen LogP contribution in [0.25, 0.3) is 0 Å². The fraction of sp³-hybridized carbons (Fsp3) is 0.526.